The van der Waals surface area contributed by atoms with Crippen molar-refractivity contribution in [2.75, 3.05) is 5.73 Å². The fourth-order valence-electron chi connectivity index (χ4n) is 4.11. The van der Waals surface area contributed by atoms with Gasteiger partial charge in [-0.15, -0.1) is 0 Å². The molecule has 0 saturated heterocycles. The van der Waals surface area contributed by atoms with Crippen LogP contribution < -0.4 is 5.73 Å². The van der Waals surface area contributed by atoms with Crippen molar-refractivity contribution in [3.05, 3.63) is 71.3 Å². The highest BCUT2D eigenvalue weighted by Crippen LogP contribution is 2.16. The molecule has 0 bridgehead atoms. The third kappa shape index (κ3) is 11.1. The summed E-state index contributed by atoms with van der Waals surface area (Å²) in [5, 5.41) is 0. The van der Waals surface area contributed by atoms with Crippen LogP contribution in [0, 0.1) is 0 Å². The highest BCUT2D eigenvalue weighted by Gasteiger charge is 2.00. The second-order valence-corrected chi connectivity index (χ2v) is 9.46. The summed E-state index contributed by atoms with van der Waals surface area (Å²) >= 11 is 5.58. The van der Waals surface area contributed by atoms with Gasteiger partial charge in [0.15, 0.2) is 0 Å². The van der Waals surface area contributed by atoms with Crippen molar-refractivity contribution in [1.82, 2.24) is 0 Å². The van der Waals surface area contributed by atoms with Crippen LogP contribution in [0.4, 0.5) is 5.69 Å². The van der Waals surface area contributed by atoms with Crippen molar-refractivity contribution in [2.24, 2.45) is 0 Å². The van der Waals surface area contributed by atoms with Crippen LogP contribution in [0.25, 0.3) is 6.08 Å². The lowest BCUT2D eigenvalue weighted by molar-refractivity contribution is 0.539. The first-order chi connectivity index (χ1) is 15.7. The second kappa shape index (κ2) is 16.7. The quantitative estimate of drug-likeness (QED) is 0.0855. The van der Waals surface area contributed by atoms with Crippen LogP contribution in [0.2, 0.25) is 0 Å². The minimum atomic E-state index is 0.778. The zero-order valence-corrected chi connectivity index (χ0v) is 21.0. The first-order valence-electron chi connectivity index (χ1n) is 12.9. The van der Waals surface area contributed by atoms with E-state index in [-0.39, 0.29) is 0 Å². The summed E-state index contributed by atoms with van der Waals surface area (Å²) in [6, 6.07) is 16.6. The molecule has 0 radical (unpaired) electrons. The van der Waals surface area contributed by atoms with E-state index < -0.39 is 0 Å². The summed E-state index contributed by atoms with van der Waals surface area (Å²) < 4.78 is 0. The molecular formula is C30H43NS. The second-order valence-electron chi connectivity index (χ2n) is 9.02. The van der Waals surface area contributed by atoms with E-state index in [4.69, 9.17) is 18.0 Å². The van der Waals surface area contributed by atoms with E-state index in [0.717, 1.165) is 21.7 Å². The predicted octanol–water partition coefficient (Wildman–Crippen LogP) is 9.33. The van der Waals surface area contributed by atoms with Gasteiger partial charge in [0.05, 0.1) is 0 Å². The molecule has 0 aliphatic rings. The molecular weight excluding hydrogens is 406 g/mol. The average molecular weight is 450 g/mol. The summed E-state index contributed by atoms with van der Waals surface area (Å²) in [7, 11) is 0. The van der Waals surface area contributed by atoms with Crippen molar-refractivity contribution in [1.29, 1.82) is 0 Å². The number of para-hydroxylation sites is 1. The predicted molar refractivity (Wildman–Crippen MR) is 147 cm³/mol. The fourth-order valence-corrected chi connectivity index (χ4v) is 4.31. The maximum atomic E-state index is 5.99. The van der Waals surface area contributed by atoms with Crippen LogP contribution in [0.5, 0.6) is 0 Å². The van der Waals surface area contributed by atoms with Gasteiger partial charge in [-0.05, 0) is 41.7 Å². The summed E-state index contributed by atoms with van der Waals surface area (Å²) in [5.74, 6) is 0. The van der Waals surface area contributed by atoms with Gasteiger partial charge >= 0.3 is 0 Å². The van der Waals surface area contributed by atoms with Crippen LogP contribution in [0.3, 0.4) is 0 Å². The maximum Gasteiger partial charge on any atom is 0.0449 e. The highest BCUT2D eigenvalue weighted by atomic mass is 32.1. The third-order valence-corrected chi connectivity index (χ3v) is 6.59. The molecule has 1 nitrogen and oxygen atoms in total. The molecule has 0 spiro atoms. The Morgan fingerprint density at radius 2 is 1.25 bits per heavy atom. The van der Waals surface area contributed by atoms with Crippen molar-refractivity contribution < 1.29 is 0 Å². The molecule has 2 N–H and O–H groups in total. The normalized spacial score (nSPS) is 11.3. The molecule has 0 fully saturated rings. The molecule has 0 aromatic heterocycles. The van der Waals surface area contributed by atoms with Crippen LogP contribution >= 0.6 is 12.2 Å². The van der Waals surface area contributed by atoms with Gasteiger partial charge in [-0.1, -0.05) is 145 Å². The average Bonchev–Trinajstić information content (AvgIpc) is 2.82. The topological polar surface area (TPSA) is 26.0 Å². The molecule has 2 aromatic carbocycles. The fraction of sp³-hybridized carbons (Fsp3) is 0.500. The van der Waals surface area contributed by atoms with Crippen LogP contribution in [-0.4, -0.2) is 4.86 Å². The van der Waals surface area contributed by atoms with E-state index in [0.29, 0.717) is 0 Å². The molecule has 0 atom stereocenters. The van der Waals surface area contributed by atoms with Crippen LogP contribution in [0.15, 0.2) is 54.6 Å². The number of nitrogens with two attached hydrogens (primary N) is 1. The zero-order valence-electron chi connectivity index (χ0n) is 20.2. The van der Waals surface area contributed by atoms with Gasteiger partial charge in [0, 0.05) is 10.6 Å². The zero-order chi connectivity index (χ0) is 22.9. The van der Waals surface area contributed by atoms with Gasteiger partial charge < -0.3 is 5.73 Å². The van der Waals surface area contributed by atoms with Crippen molar-refractivity contribution in [3.63, 3.8) is 0 Å². The van der Waals surface area contributed by atoms with E-state index in [1.165, 1.54) is 95.5 Å². The van der Waals surface area contributed by atoms with Crippen molar-refractivity contribution in [3.8, 4) is 0 Å². The van der Waals surface area contributed by atoms with E-state index in [9.17, 15) is 0 Å². The monoisotopic (exact) mass is 449 g/mol. The number of hydrogen-bond donors (Lipinski definition) is 1. The molecule has 174 valence electrons. The molecule has 2 aromatic rings. The molecule has 0 aliphatic heterocycles. The SMILES string of the molecule is CCCCCCCCCCCCCCCc1ccc(C(=S)C=Cc2ccccc2N)cc1. The maximum absolute atomic E-state index is 5.99. The number of aryl methyl sites for hydroxylation is 1. The molecule has 0 heterocycles. The molecule has 2 heteroatoms. The van der Waals surface area contributed by atoms with Gasteiger partial charge in [-0.25, -0.2) is 0 Å². The molecule has 32 heavy (non-hydrogen) atoms. The molecule has 0 unspecified atom stereocenters. The van der Waals surface area contributed by atoms with Crippen LogP contribution in [0.1, 0.15) is 107 Å². The number of benzene rings is 2. The minimum absolute atomic E-state index is 0.778. The summed E-state index contributed by atoms with van der Waals surface area (Å²) in [6.45, 7) is 2.29. The largest absolute Gasteiger partial charge is 0.398 e. The summed E-state index contributed by atoms with van der Waals surface area (Å²) in [6.07, 6.45) is 23.4. The van der Waals surface area contributed by atoms with Gasteiger partial charge in [0.1, 0.15) is 0 Å². The lowest BCUT2D eigenvalue weighted by atomic mass is 10.0. The Morgan fingerprint density at radius 3 is 1.81 bits per heavy atom. The number of anilines is 1. The Hall–Kier alpha value is -1.93. The number of nitrogen functional groups attached to an aromatic ring is 1. The summed E-state index contributed by atoms with van der Waals surface area (Å²) in [4.78, 5) is 0.848. The van der Waals surface area contributed by atoms with E-state index in [2.05, 4.69) is 31.2 Å². The van der Waals surface area contributed by atoms with Gasteiger partial charge in [-0.2, -0.15) is 0 Å². The van der Waals surface area contributed by atoms with Gasteiger partial charge in [0.2, 0.25) is 0 Å². The smallest absolute Gasteiger partial charge is 0.0449 e. The van der Waals surface area contributed by atoms with Crippen molar-refractivity contribution >= 4 is 28.8 Å². The Labute approximate surface area is 202 Å². The first-order valence-corrected chi connectivity index (χ1v) is 13.3. The van der Waals surface area contributed by atoms with Crippen LogP contribution in [-0.2, 0) is 6.42 Å². The molecule has 0 amide bonds. The molecule has 2 rings (SSSR count). The number of hydrogen-bond acceptors (Lipinski definition) is 2. The Kier molecular flexibility index (Phi) is 13.7. The third-order valence-electron chi connectivity index (χ3n) is 6.22. The Morgan fingerprint density at radius 1 is 0.719 bits per heavy atom. The van der Waals surface area contributed by atoms with E-state index >= 15 is 0 Å². The highest BCUT2D eigenvalue weighted by molar-refractivity contribution is 7.81. The number of rotatable bonds is 17. The standard InChI is InChI=1S/C30H43NS/c1-2-3-4-5-6-7-8-9-10-11-12-13-14-17-26-20-22-28(23-21-26)30(32)25-24-27-18-15-16-19-29(27)31/h15-16,18-25H,2-14,17,31H2,1H3. The van der Waals surface area contributed by atoms with E-state index in [1.807, 2.05) is 36.4 Å². The lowest BCUT2D eigenvalue weighted by Gasteiger charge is -2.05. The lowest BCUT2D eigenvalue weighted by Crippen LogP contribution is -1.94. The van der Waals surface area contributed by atoms with Crippen molar-refractivity contribution in [2.45, 2.75) is 96.8 Å². The molecule has 0 aliphatic carbocycles. The van der Waals surface area contributed by atoms with E-state index in [1.54, 1.807) is 0 Å². The Bertz CT molecular complexity index is 791. The number of allylic oxidation sites excluding steroid dienone is 1. The number of thiocarbonyl (C=S) groups is 1. The first kappa shape index (κ1) is 26.3. The number of unbranched alkanes of at least 4 members (excludes halogenated alkanes) is 12. The van der Waals surface area contributed by atoms with Gasteiger partial charge in [0.25, 0.3) is 0 Å². The van der Waals surface area contributed by atoms with Gasteiger partial charge in [-0.3, -0.25) is 0 Å². The Balaban J connectivity index is 1.54. The molecule has 0 saturated carbocycles. The minimum Gasteiger partial charge on any atom is -0.398 e. The summed E-state index contributed by atoms with van der Waals surface area (Å²) in [5.41, 5.74) is 10.3.